The fourth-order valence-electron chi connectivity index (χ4n) is 8.93. The van der Waals surface area contributed by atoms with Gasteiger partial charge >= 0.3 is 0 Å². The highest BCUT2D eigenvalue weighted by Crippen LogP contribution is 2.43. The summed E-state index contributed by atoms with van der Waals surface area (Å²) in [6.45, 7) is 0. The van der Waals surface area contributed by atoms with Crippen LogP contribution in [0.4, 0.5) is 0 Å². The first kappa shape index (κ1) is 35.2. The van der Waals surface area contributed by atoms with E-state index in [0.717, 1.165) is 27.8 Å². The number of hydrogen-bond donors (Lipinski definition) is 0. The molecule has 0 fully saturated rings. The second-order valence-electron chi connectivity index (χ2n) is 15.5. The molecule has 61 heavy (non-hydrogen) atoms. The lowest BCUT2D eigenvalue weighted by atomic mass is 9.91. The van der Waals surface area contributed by atoms with Gasteiger partial charge in [-0.1, -0.05) is 188 Å². The molecule has 0 atom stereocenters. The van der Waals surface area contributed by atoms with Crippen molar-refractivity contribution in [2.75, 3.05) is 0 Å². The maximum atomic E-state index is 5.10. The molecule has 0 aliphatic carbocycles. The molecule has 0 amide bonds. The molecule has 284 valence electrons. The van der Waals surface area contributed by atoms with Crippen LogP contribution in [0.1, 0.15) is 0 Å². The number of benzene rings is 10. The lowest BCUT2D eigenvalue weighted by Crippen LogP contribution is -2.00. The zero-order chi connectivity index (χ0) is 40.3. The van der Waals surface area contributed by atoms with Crippen molar-refractivity contribution in [2.45, 2.75) is 0 Å². The summed E-state index contributed by atoms with van der Waals surface area (Å²) in [5.74, 6) is 1.96. The van der Waals surface area contributed by atoms with Crippen LogP contribution in [0, 0.1) is 0 Å². The highest BCUT2D eigenvalue weighted by molar-refractivity contribution is 7.26. The third-order valence-electron chi connectivity index (χ3n) is 11.9. The normalized spacial score (nSPS) is 11.6. The van der Waals surface area contributed by atoms with E-state index < -0.39 is 0 Å². The molecule has 2 aromatic heterocycles. The Labute approximate surface area is 356 Å². The van der Waals surface area contributed by atoms with Crippen LogP contribution < -0.4 is 0 Å². The molecule has 2 heterocycles. The molecular formula is C57H35N3S. The SMILES string of the molecule is c1ccc(-c2nc(-c3ccccc3)nc(-c3cc(-c4ccc(-c5ccc(-c6ccc7c8ccccc8c8ccccc8c7c6)cc5)cc4)c4c(c3)sc3ccccc34)n2)cc1. The third-order valence-corrected chi connectivity index (χ3v) is 13.0. The number of aromatic nitrogens is 3. The largest absolute Gasteiger partial charge is 0.208 e. The van der Waals surface area contributed by atoms with Gasteiger partial charge < -0.3 is 0 Å². The summed E-state index contributed by atoms with van der Waals surface area (Å²) >= 11 is 1.81. The van der Waals surface area contributed by atoms with Crippen molar-refractivity contribution in [2.24, 2.45) is 0 Å². The zero-order valence-electron chi connectivity index (χ0n) is 33.0. The summed E-state index contributed by atoms with van der Waals surface area (Å²) in [6, 6.07) is 75.9. The molecule has 0 aliphatic heterocycles. The van der Waals surface area contributed by atoms with Gasteiger partial charge in [0.05, 0.1) is 0 Å². The van der Waals surface area contributed by atoms with Gasteiger partial charge in [0.2, 0.25) is 0 Å². The minimum absolute atomic E-state index is 0.651. The first-order valence-electron chi connectivity index (χ1n) is 20.6. The average molecular weight is 794 g/mol. The first-order chi connectivity index (χ1) is 30.2. The van der Waals surface area contributed by atoms with E-state index in [4.69, 9.17) is 15.0 Å². The first-order valence-corrected chi connectivity index (χ1v) is 21.4. The minimum Gasteiger partial charge on any atom is -0.208 e. The number of thiophene rings is 1. The van der Waals surface area contributed by atoms with Gasteiger partial charge in [-0.25, -0.2) is 15.0 Å². The lowest BCUT2D eigenvalue weighted by Gasteiger charge is -2.13. The maximum absolute atomic E-state index is 5.10. The second kappa shape index (κ2) is 14.5. The number of hydrogen-bond acceptors (Lipinski definition) is 4. The van der Waals surface area contributed by atoms with Crippen LogP contribution in [0.5, 0.6) is 0 Å². The predicted molar refractivity (Wildman–Crippen MR) is 258 cm³/mol. The Morgan fingerprint density at radius 1 is 0.246 bits per heavy atom. The Morgan fingerprint density at radius 2 is 0.656 bits per heavy atom. The Balaban J connectivity index is 0.931. The summed E-state index contributed by atoms with van der Waals surface area (Å²) in [5, 5.41) is 10.2. The summed E-state index contributed by atoms with van der Waals surface area (Å²) in [6.07, 6.45) is 0. The molecule has 0 unspecified atom stereocenters. The maximum Gasteiger partial charge on any atom is 0.164 e. The van der Waals surface area contributed by atoms with Crippen LogP contribution in [-0.2, 0) is 0 Å². The van der Waals surface area contributed by atoms with Gasteiger partial charge in [0.15, 0.2) is 17.5 Å². The van der Waals surface area contributed by atoms with E-state index in [1.807, 2.05) is 47.7 Å². The average Bonchev–Trinajstić information content (AvgIpc) is 3.73. The van der Waals surface area contributed by atoms with Crippen LogP contribution in [0.15, 0.2) is 212 Å². The standard InChI is InChI=1S/C57H35N3S/c1-3-13-40(14-4-1)55-58-56(41-15-5-2-6-16-41)60-57(59-55)43-34-50(54-49-21-11-12-22-52(49)61-53(54)35-43)39-29-27-37(28-30-39)36-23-25-38(26-24-36)42-31-32-48-46-19-8-7-17-44(46)45-18-9-10-20-47(45)51(48)33-42/h1-35H. The van der Waals surface area contributed by atoms with Crippen molar-refractivity contribution in [1.29, 1.82) is 0 Å². The van der Waals surface area contributed by atoms with Gasteiger partial charge in [0, 0.05) is 36.9 Å². The van der Waals surface area contributed by atoms with E-state index >= 15 is 0 Å². The molecule has 0 spiro atoms. The molecule has 4 heteroatoms. The minimum atomic E-state index is 0.651. The van der Waals surface area contributed by atoms with Crippen LogP contribution in [-0.4, -0.2) is 15.0 Å². The zero-order valence-corrected chi connectivity index (χ0v) is 33.8. The van der Waals surface area contributed by atoms with Crippen molar-refractivity contribution in [1.82, 2.24) is 15.0 Å². The van der Waals surface area contributed by atoms with Crippen LogP contribution in [0.3, 0.4) is 0 Å². The molecule has 0 saturated carbocycles. The van der Waals surface area contributed by atoms with Gasteiger partial charge in [0.1, 0.15) is 0 Å². The molecular weight excluding hydrogens is 759 g/mol. The van der Waals surface area contributed by atoms with Crippen LogP contribution in [0.2, 0.25) is 0 Å². The number of nitrogens with zero attached hydrogens (tertiary/aromatic N) is 3. The Hall–Kier alpha value is -7.79. The Bertz CT molecular complexity index is 3520. The van der Waals surface area contributed by atoms with Gasteiger partial charge in [0.25, 0.3) is 0 Å². The third kappa shape index (κ3) is 6.16. The summed E-state index contributed by atoms with van der Waals surface area (Å²) in [4.78, 5) is 15.2. The smallest absolute Gasteiger partial charge is 0.164 e. The fraction of sp³-hybridized carbons (Fsp3) is 0. The van der Waals surface area contributed by atoms with Gasteiger partial charge in [-0.3, -0.25) is 0 Å². The fourth-order valence-corrected chi connectivity index (χ4v) is 10.1. The number of rotatable bonds is 6. The summed E-state index contributed by atoms with van der Waals surface area (Å²) < 4.78 is 2.46. The molecule has 0 N–H and O–H groups in total. The van der Waals surface area contributed by atoms with Crippen LogP contribution >= 0.6 is 11.3 Å². The molecule has 0 bridgehead atoms. The predicted octanol–water partition coefficient (Wildman–Crippen LogP) is 15.7. The summed E-state index contributed by atoms with van der Waals surface area (Å²) in [7, 11) is 0. The van der Waals surface area contributed by atoms with Crippen molar-refractivity contribution >= 4 is 63.8 Å². The molecule has 0 aliphatic rings. The van der Waals surface area contributed by atoms with E-state index in [-0.39, 0.29) is 0 Å². The molecule has 3 nitrogen and oxygen atoms in total. The van der Waals surface area contributed by atoms with Crippen LogP contribution in [0.25, 0.3) is 120 Å². The number of fused-ring (bicyclic) bond motifs is 9. The molecule has 0 radical (unpaired) electrons. The Kier molecular flexibility index (Phi) is 8.36. The molecule has 10 aromatic carbocycles. The Morgan fingerprint density at radius 3 is 1.21 bits per heavy atom. The van der Waals surface area contributed by atoms with E-state index in [9.17, 15) is 0 Å². The lowest BCUT2D eigenvalue weighted by molar-refractivity contribution is 1.07. The highest BCUT2D eigenvalue weighted by atomic mass is 32.1. The van der Waals surface area contributed by atoms with Gasteiger partial charge in [-0.2, -0.15) is 0 Å². The van der Waals surface area contributed by atoms with E-state index in [1.54, 1.807) is 0 Å². The van der Waals surface area contributed by atoms with Gasteiger partial charge in [-0.15, -0.1) is 11.3 Å². The second-order valence-corrected chi connectivity index (χ2v) is 16.6. The van der Waals surface area contributed by atoms with E-state index in [2.05, 4.69) is 176 Å². The van der Waals surface area contributed by atoms with Crippen molar-refractivity contribution < 1.29 is 0 Å². The van der Waals surface area contributed by atoms with Gasteiger partial charge in [-0.05, 0) is 90.0 Å². The van der Waals surface area contributed by atoms with E-state index in [1.165, 1.54) is 74.7 Å². The monoisotopic (exact) mass is 793 g/mol. The molecule has 0 saturated heterocycles. The summed E-state index contributed by atoms with van der Waals surface area (Å²) in [5.41, 5.74) is 9.94. The topological polar surface area (TPSA) is 38.7 Å². The highest BCUT2D eigenvalue weighted by Gasteiger charge is 2.18. The van der Waals surface area contributed by atoms with Crippen molar-refractivity contribution in [3.63, 3.8) is 0 Å². The van der Waals surface area contributed by atoms with E-state index in [0.29, 0.717) is 17.5 Å². The van der Waals surface area contributed by atoms with Crippen molar-refractivity contribution in [3.05, 3.63) is 212 Å². The molecule has 12 aromatic rings. The molecule has 12 rings (SSSR count). The van der Waals surface area contributed by atoms with Crippen molar-refractivity contribution in [3.8, 4) is 67.5 Å². The quantitative estimate of drug-likeness (QED) is 0.157.